The van der Waals surface area contributed by atoms with Crippen LogP contribution in [0.25, 0.3) is 0 Å². The van der Waals surface area contributed by atoms with Gasteiger partial charge in [0.25, 0.3) is 0 Å². The van der Waals surface area contributed by atoms with Crippen molar-refractivity contribution in [3.63, 3.8) is 0 Å². The largest absolute Gasteiger partial charge is 0.384 e. The van der Waals surface area contributed by atoms with Crippen LogP contribution in [0.2, 0.25) is 0 Å². The van der Waals surface area contributed by atoms with Crippen molar-refractivity contribution < 1.29 is 19.3 Å². The maximum Gasteiger partial charge on any atom is 0.119 e. The standard InChI is InChI=1S/C20H40O4/c1-5-8-11-12-13-20(21)17(4)24-16-18(22-14-9-6-2)19(20)23-15-10-7-3/h17-19,21H,5-16H2,1-4H3/t17?,18?,19?,20-/m1/s1. The third kappa shape index (κ3) is 6.62. The molecule has 1 fully saturated rings. The molecule has 24 heavy (non-hydrogen) atoms. The molecule has 0 saturated carbocycles. The lowest BCUT2D eigenvalue weighted by molar-refractivity contribution is -0.263. The van der Waals surface area contributed by atoms with Crippen molar-refractivity contribution in [2.24, 2.45) is 0 Å². The second-order valence-corrected chi connectivity index (χ2v) is 7.19. The van der Waals surface area contributed by atoms with Gasteiger partial charge in [0.2, 0.25) is 0 Å². The van der Waals surface area contributed by atoms with Crippen LogP contribution in [0.5, 0.6) is 0 Å². The van der Waals surface area contributed by atoms with E-state index in [-0.39, 0.29) is 18.3 Å². The Morgan fingerprint density at radius 1 is 0.917 bits per heavy atom. The van der Waals surface area contributed by atoms with Crippen LogP contribution in [0.1, 0.15) is 85.5 Å². The summed E-state index contributed by atoms with van der Waals surface area (Å²) in [5, 5.41) is 11.4. The summed E-state index contributed by atoms with van der Waals surface area (Å²) >= 11 is 0. The smallest absolute Gasteiger partial charge is 0.119 e. The highest BCUT2D eigenvalue weighted by Gasteiger charge is 2.50. The van der Waals surface area contributed by atoms with Crippen LogP contribution in [0.3, 0.4) is 0 Å². The van der Waals surface area contributed by atoms with Gasteiger partial charge in [-0.2, -0.15) is 0 Å². The van der Waals surface area contributed by atoms with Crippen LogP contribution < -0.4 is 0 Å². The summed E-state index contributed by atoms with van der Waals surface area (Å²) in [6.07, 6.45) is 8.86. The van der Waals surface area contributed by atoms with Crippen molar-refractivity contribution in [1.82, 2.24) is 0 Å². The Morgan fingerprint density at radius 3 is 2.17 bits per heavy atom. The van der Waals surface area contributed by atoms with E-state index < -0.39 is 5.60 Å². The van der Waals surface area contributed by atoms with E-state index >= 15 is 0 Å². The van der Waals surface area contributed by atoms with E-state index in [1.165, 1.54) is 12.8 Å². The minimum atomic E-state index is -0.948. The van der Waals surface area contributed by atoms with Gasteiger partial charge in [0.05, 0.1) is 12.7 Å². The molecule has 0 aromatic rings. The van der Waals surface area contributed by atoms with Crippen molar-refractivity contribution in [1.29, 1.82) is 0 Å². The van der Waals surface area contributed by atoms with Gasteiger partial charge in [0.1, 0.15) is 17.8 Å². The van der Waals surface area contributed by atoms with Crippen LogP contribution in [-0.4, -0.2) is 48.8 Å². The molecule has 1 aliphatic heterocycles. The van der Waals surface area contributed by atoms with Gasteiger partial charge in [0.15, 0.2) is 0 Å². The summed E-state index contributed by atoms with van der Waals surface area (Å²) in [5.41, 5.74) is -0.948. The van der Waals surface area contributed by atoms with E-state index in [2.05, 4.69) is 20.8 Å². The zero-order valence-corrected chi connectivity index (χ0v) is 16.4. The summed E-state index contributed by atoms with van der Waals surface area (Å²) in [6, 6.07) is 0. The molecule has 1 saturated heterocycles. The van der Waals surface area contributed by atoms with Crippen molar-refractivity contribution in [2.75, 3.05) is 19.8 Å². The van der Waals surface area contributed by atoms with E-state index in [0.717, 1.165) is 44.9 Å². The number of rotatable bonds is 13. The van der Waals surface area contributed by atoms with Gasteiger partial charge in [-0.25, -0.2) is 0 Å². The van der Waals surface area contributed by atoms with Gasteiger partial charge in [-0.1, -0.05) is 59.3 Å². The number of unbranched alkanes of at least 4 members (excludes halogenated alkanes) is 5. The van der Waals surface area contributed by atoms with Gasteiger partial charge in [0, 0.05) is 13.2 Å². The zero-order valence-electron chi connectivity index (χ0n) is 16.4. The van der Waals surface area contributed by atoms with Crippen molar-refractivity contribution >= 4 is 0 Å². The molecule has 4 heteroatoms. The second kappa shape index (κ2) is 12.2. The minimum Gasteiger partial charge on any atom is -0.384 e. The van der Waals surface area contributed by atoms with Crippen LogP contribution in [0.15, 0.2) is 0 Å². The van der Waals surface area contributed by atoms with Gasteiger partial charge in [-0.15, -0.1) is 0 Å². The van der Waals surface area contributed by atoms with Crippen LogP contribution in [0.4, 0.5) is 0 Å². The molecule has 144 valence electrons. The predicted octanol–water partition coefficient (Wildman–Crippen LogP) is 4.48. The number of hydrogen-bond acceptors (Lipinski definition) is 4. The van der Waals surface area contributed by atoms with E-state index in [1.54, 1.807) is 0 Å². The molecule has 0 radical (unpaired) electrons. The molecule has 0 aromatic heterocycles. The van der Waals surface area contributed by atoms with Crippen LogP contribution in [0, 0.1) is 0 Å². The molecule has 0 aliphatic carbocycles. The first-order valence-corrected chi connectivity index (χ1v) is 10.2. The van der Waals surface area contributed by atoms with Gasteiger partial charge < -0.3 is 19.3 Å². The highest BCUT2D eigenvalue weighted by Crippen LogP contribution is 2.35. The second-order valence-electron chi connectivity index (χ2n) is 7.19. The van der Waals surface area contributed by atoms with Crippen molar-refractivity contribution in [3.05, 3.63) is 0 Å². The van der Waals surface area contributed by atoms with Gasteiger partial charge in [-0.3, -0.25) is 0 Å². The van der Waals surface area contributed by atoms with E-state index in [0.29, 0.717) is 19.8 Å². The fraction of sp³-hybridized carbons (Fsp3) is 1.00. The van der Waals surface area contributed by atoms with E-state index in [4.69, 9.17) is 14.2 Å². The van der Waals surface area contributed by atoms with Crippen LogP contribution in [-0.2, 0) is 14.2 Å². The Bertz CT molecular complexity index is 310. The van der Waals surface area contributed by atoms with Crippen LogP contribution >= 0.6 is 0 Å². The lowest BCUT2D eigenvalue weighted by Gasteiger charge is -2.47. The fourth-order valence-corrected chi connectivity index (χ4v) is 3.33. The first kappa shape index (κ1) is 21.9. The Labute approximate surface area is 149 Å². The third-order valence-corrected chi connectivity index (χ3v) is 5.10. The normalized spacial score (nSPS) is 30.6. The quantitative estimate of drug-likeness (QED) is 0.501. The lowest BCUT2D eigenvalue weighted by atomic mass is 9.81. The highest BCUT2D eigenvalue weighted by molar-refractivity contribution is 5.00. The molecule has 1 rings (SSSR count). The number of ether oxygens (including phenoxy) is 3. The maximum absolute atomic E-state index is 11.4. The fourth-order valence-electron chi connectivity index (χ4n) is 3.33. The minimum absolute atomic E-state index is 0.166. The molecule has 1 N–H and O–H groups in total. The average molecular weight is 345 g/mol. The molecule has 4 atom stereocenters. The molecule has 0 aromatic carbocycles. The zero-order chi connectivity index (χ0) is 17.8. The highest BCUT2D eigenvalue weighted by atomic mass is 16.6. The van der Waals surface area contributed by atoms with E-state index in [9.17, 15) is 5.11 Å². The Morgan fingerprint density at radius 2 is 1.54 bits per heavy atom. The van der Waals surface area contributed by atoms with Crippen molar-refractivity contribution in [2.45, 2.75) is 109 Å². The van der Waals surface area contributed by atoms with Crippen molar-refractivity contribution in [3.8, 4) is 0 Å². The Hall–Kier alpha value is -0.160. The summed E-state index contributed by atoms with van der Waals surface area (Å²) in [5.74, 6) is 0. The Kier molecular flexibility index (Phi) is 11.2. The lowest BCUT2D eigenvalue weighted by Crippen LogP contribution is -2.63. The molecule has 1 heterocycles. The Balaban J connectivity index is 2.73. The monoisotopic (exact) mass is 344 g/mol. The summed E-state index contributed by atoms with van der Waals surface area (Å²) < 4.78 is 18.1. The molecule has 4 nitrogen and oxygen atoms in total. The molecule has 0 amide bonds. The van der Waals surface area contributed by atoms with E-state index in [1.807, 2.05) is 6.92 Å². The number of hydrogen-bond donors (Lipinski definition) is 1. The SMILES string of the molecule is CCCCCC[C@@]1(O)C(C)OCC(OCCCC)C1OCCCC. The topological polar surface area (TPSA) is 47.9 Å². The van der Waals surface area contributed by atoms with Gasteiger partial charge >= 0.3 is 0 Å². The van der Waals surface area contributed by atoms with Gasteiger partial charge in [-0.05, 0) is 26.2 Å². The molecule has 3 unspecified atom stereocenters. The maximum atomic E-state index is 11.4. The number of aliphatic hydroxyl groups is 1. The molecular formula is C20H40O4. The molecule has 1 aliphatic rings. The average Bonchev–Trinajstić information content (AvgIpc) is 2.58. The first-order valence-electron chi connectivity index (χ1n) is 10.2. The summed E-state index contributed by atoms with van der Waals surface area (Å²) in [7, 11) is 0. The molecule has 0 bridgehead atoms. The molecule has 0 spiro atoms. The summed E-state index contributed by atoms with van der Waals surface area (Å²) in [4.78, 5) is 0. The molecular weight excluding hydrogens is 304 g/mol. The predicted molar refractivity (Wildman–Crippen MR) is 98.4 cm³/mol. The third-order valence-electron chi connectivity index (χ3n) is 5.10. The first-order chi connectivity index (χ1) is 11.6. The summed E-state index contributed by atoms with van der Waals surface area (Å²) in [6.45, 7) is 10.4.